The van der Waals surface area contributed by atoms with Gasteiger partial charge in [-0.15, -0.1) is 0 Å². The van der Waals surface area contributed by atoms with Crippen LogP contribution in [0.5, 0.6) is 0 Å². The zero-order valence-electron chi connectivity index (χ0n) is 13.6. The first-order chi connectivity index (χ1) is 12.6. The fourth-order valence-electron chi connectivity index (χ4n) is 2.98. The molecule has 2 aromatic carbocycles. The van der Waals surface area contributed by atoms with Crippen molar-refractivity contribution in [2.45, 2.75) is 12.1 Å². The predicted molar refractivity (Wildman–Crippen MR) is 92.2 cm³/mol. The number of carbonyl (C=O) groups is 2. The molecule has 3 N–H and O–H groups in total. The molecular formula is C19H16N2O5. The van der Waals surface area contributed by atoms with E-state index < -0.39 is 24.1 Å². The van der Waals surface area contributed by atoms with E-state index in [1.807, 2.05) is 30.3 Å². The van der Waals surface area contributed by atoms with Crippen molar-refractivity contribution in [1.82, 2.24) is 10.6 Å². The standard InChI is InChI=1S/C19H16N2O5/c22-15(14-18(23)21-19(24)20-14)11-6-8-13(9-7-11)17-16(25-10-26-17)12-4-2-1-3-5-12/h1-9,14-15,22H,10H2,(H2,20,21,23,24). The van der Waals surface area contributed by atoms with E-state index in [2.05, 4.69) is 10.6 Å². The Hall–Kier alpha value is -3.32. The Kier molecular flexibility index (Phi) is 4.06. The van der Waals surface area contributed by atoms with Gasteiger partial charge in [0.1, 0.15) is 12.1 Å². The van der Waals surface area contributed by atoms with Gasteiger partial charge in [-0.25, -0.2) is 4.79 Å². The summed E-state index contributed by atoms with van der Waals surface area (Å²) in [6.45, 7) is 0.137. The van der Waals surface area contributed by atoms with E-state index >= 15 is 0 Å². The van der Waals surface area contributed by atoms with Crippen LogP contribution in [0.2, 0.25) is 0 Å². The van der Waals surface area contributed by atoms with E-state index in [0.717, 1.165) is 11.1 Å². The van der Waals surface area contributed by atoms with Gasteiger partial charge in [0.15, 0.2) is 11.5 Å². The Morgan fingerprint density at radius 3 is 2.12 bits per heavy atom. The van der Waals surface area contributed by atoms with Crippen LogP contribution in [0.15, 0.2) is 54.6 Å². The van der Waals surface area contributed by atoms with Gasteiger partial charge in [0.25, 0.3) is 5.91 Å². The first-order valence-corrected chi connectivity index (χ1v) is 8.08. The fourth-order valence-corrected chi connectivity index (χ4v) is 2.98. The number of aliphatic hydroxyl groups excluding tert-OH is 1. The number of imide groups is 1. The first kappa shape index (κ1) is 16.2. The van der Waals surface area contributed by atoms with Crippen LogP contribution in [0.25, 0.3) is 11.5 Å². The van der Waals surface area contributed by atoms with E-state index in [9.17, 15) is 14.7 Å². The summed E-state index contributed by atoms with van der Waals surface area (Å²) in [6.07, 6.45) is -1.14. The number of benzene rings is 2. The molecule has 1 saturated heterocycles. The van der Waals surface area contributed by atoms with Gasteiger partial charge in [0, 0.05) is 11.1 Å². The van der Waals surface area contributed by atoms with Crippen molar-refractivity contribution in [3.63, 3.8) is 0 Å². The molecule has 7 heteroatoms. The maximum atomic E-state index is 11.7. The number of rotatable bonds is 4. The first-order valence-electron chi connectivity index (χ1n) is 8.08. The third kappa shape index (κ3) is 2.89. The lowest BCUT2D eigenvalue weighted by atomic mass is 10.00. The molecule has 0 bridgehead atoms. The Morgan fingerprint density at radius 2 is 1.54 bits per heavy atom. The molecule has 0 spiro atoms. The highest BCUT2D eigenvalue weighted by Gasteiger charge is 2.36. The van der Waals surface area contributed by atoms with Crippen LogP contribution >= 0.6 is 0 Å². The van der Waals surface area contributed by atoms with Crippen LogP contribution in [0.3, 0.4) is 0 Å². The summed E-state index contributed by atoms with van der Waals surface area (Å²) < 4.78 is 11.2. The van der Waals surface area contributed by atoms with Crippen molar-refractivity contribution in [2.75, 3.05) is 6.79 Å². The van der Waals surface area contributed by atoms with Gasteiger partial charge in [-0.05, 0) is 5.56 Å². The van der Waals surface area contributed by atoms with Crippen molar-refractivity contribution in [1.29, 1.82) is 0 Å². The molecule has 0 saturated carbocycles. The Bertz CT molecular complexity index is 877. The van der Waals surface area contributed by atoms with Crippen molar-refractivity contribution < 1.29 is 24.2 Å². The lowest BCUT2D eigenvalue weighted by Gasteiger charge is -2.16. The highest BCUT2D eigenvalue weighted by Crippen LogP contribution is 2.33. The normalized spacial score (nSPS) is 20.3. The Labute approximate surface area is 149 Å². The second-order valence-electron chi connectivity index (χ2n) is 5.94. The molecule has 1 fully saturated rings. The van der Waals surface area contributed by atoms with E-state index in [1.165, 1.54) is 0 Å². The van der Waals surface area contributed by atoms with E-state index in [1.54, 1.807) is 24.3 Å². The Morgan fingerprint density at radius 1 is 0.923 bits per heavy atom. The van der Waals surface area contributed by atoms with Crippen LogP contribution in [-0.4, -0.2) is 29.9 Å². The van der Waals surface area contributed by atoms with E-state index in [4.69, 9.17) is 9.47 Å². The third-order valence-corrected chi connectivity index (χ3v) is 4.28. The molecule has 2 aliphatic rings. The number of ether oxygens (including phenoxy) is 2. The molecule has 26 heavy (non-hydrogen) atoms. The van der Waals surface area contributed by atoms with Gasteiger partial charge in [-0.1, -0.05) is 54.6 Å². The molecule has 2 heterocycles. The molecule has 2 aromatic rings. The zero-order valence-corrected chi connectivity index (χ0v) is 13.6. The number of urea groups is 1. The number of hydrogen-bond acceptors (Lipinski definition) is 5. The van der Waals surface area contributed by atoms with Crippen LogP contribution < -0.4 is 10.6 Å². The molecule has 7 nitrogen and oxygen atoms in total. The summed E-state index contributed by atoms with van der Waals surface area (Å²) in [5.41, 5.74) is 2.21. The lowest BCUT2D eigenvalue weighted by molar-refractivity contribution is -0.122. The monoisotopic (exact) mass is 352 g/mol. The lowest BCUT2D eigenvalue weighted by Crippen LogP contribution is -2.35. The van der Waals surface area contributed by atoms with Crippen molar-refractivity contribution in [3.8, 4) is 0 Å². The number of nitrogens with one attached hydrogen (secondary N) is 2. The summed E-state index contributed by atoms with van der Waals surface area (Å²) in [5.74, 6) is 0.721. The topological polar surface area (TPSA) is 96.9 Å². The van der Waals surface area contributed by atoms with Crippen molar-refractivity contribution in [3.05, 3.63) is 71.3 Å². The number of carbonyl (C=O) groups excluding carboxylic acids is 2. The minimum Gasteiger partial charge on any atom is -0.453 e. The summed E-state index contributed by atoms with van der Waals surface area (Å²) >= 11 is 0. The van der Waals surface area contributed by atoms with Gasteiger partial charge in [-0.3, -0.25) is 10.1 Å². The molecule has 2 atom stereocenters. The molecule has 0 radical (unpaired) electrons. The highest BCUT2D eigenvalue weighted by atomic mass is 16.7. The average Bonchev–Trinajstić information content (AvgIpc) is 3.28. The van der Waals surface area contributed by atoms with Crippen molar-refractivity contribution >= 4 is 23.5 Å². The molecule has 3 amide bonds. The van der Waals surface area contributed by atoms with E-state index in [-0.39, 0.29) is 6.79 Å². The van der Waals surface area contributed by atoms with Gasteiger partial charge in [0.05, 0.1) is 0 Å². The summed E-state index contributed by atoms with van der Waals surface area (Å²) in [6, 6.07) is 15.0. The van der Waals surface area contributed by atoms with Crippen molar-refractivity contribution in [2.24, 2.45) is 0 Å². The molecule has 4 rings (SSSR count). The quantitative estimate of drug-likeness (QED) is 0.729. The van der Waals surface area contributed by atoms with Gasteiger partial charge in [0.2, 0.25) is 6.79 Å². The summed E-state index contributed by atoms with van der Waals surface area (Å²) in [7, 11) is 0. The number of aliphatic hydroxyl groups is 1. The fraction of sp³-hybridized carbons (Fsp3) is 0.158. The van der Waals surface area contributed by atoms with Crippen LogP contribution in [0, 0.1) is 0 Å². The summed E-state index contributed by atoms with van der Waals surface area (Å²) in [5, 5.41) is 14.9. The minimum absolute atomic E-state index is 0.137. The van der Waals surface area contributed by atoms with E-state index in [0.29, 0.717) is 17.1 Å². The largest absolute Gasteiger partial charge is 0.453 e. The maximum Gasteiger partial charge on any atom is 0.322 e. The average molecular weight is 352 g/mol. The highest BCUT2D eigenvalue weighted by molar-refractivity contribution is 6.04. The second kappa shape index (κ2) is 6.53. The molecule has 0 aromatic heterocycles. The Balaban J connectivity index is 1.60. The van der Waals surface area contributed by atoms with Gasteiger partial charge < -0.3 is 19.9 Å². The predicted octanol–water partition coefficient (Wildman–Crippen LogP) is 1.76. The molecular weight excluding hydrogens is 336 g/mol. The number of hydrogen-bond donors (Lipinski definition) is 3. The van der Waals surface area contributed by atoms with Crippen LogP contribution in [0.1, 0.15) is 22.8 Å². The molecule has 132 valence electrons. The minimum atomic E-state index is -1.14. The third-order valence-electron chi connectivity index (χ3n) is 4.28. The second-order valence-corrected chi connectivity index (χ2v) is 5.94. The van der Waals surface area contributed by atoms with Crippen LogP contribution in [-0.2, 0) is 14.3 Å². The van der Waals surface area contributed by atoms with Gasteiger partial charge >= 0.3 is 6.03 Å². The van der Waals surface area contributed by atoms with Crippen LogP contribution in [0.4, 0.5) is 4.79 Å². The molecule has 0 aliphatic carbocycles. The summed E-state index contributed by atoms with van der Waals surface area (Å²) in [4.78, 5) is 22.9. The number of amides is 3. The smallest absolute Gasteiger partial charge is 0.322 e. The molecule has 2 unspecified atom stereocenters. The molecule has 2 aliphatic heterocycles. The maximum absolute atomic E-state index is 11.7. The zero-order chi connectivity index (χ0) is 18.1. The SMILES string of the molecule is O=C1NC(=O)C(C(O)c2ccc(C3=C(c4ccccc4)OCO3)cc2)N1. The van der Waals surface area contributed by atoms with Gasteiger partial charge in [-0.2, -0.15) is 0 Å².